The fourth-order valence-electron chi connectivity index (χ4n) is 1.62. The maximum atomic E-state index is 10.5. The van der Waals surface area contributed by atoms with Crippen LogP contribution in [-0.2, 0) is 6.54 Å². The Kier molecular flexibility index (Phi) is 4.07. The molecule has 0 amide bonds. The van der Waals surface area contributed by atoms with Gasteiger partial charge in [0.2, 0.25) is 6.33 Å². The smallest absolute Gasteiger partial charge is 0.370 e. The van der Waals surface area contributed by atoms with E-state index in [1.165, 1.54) is 12.5 Å². The molecule has 7 heteroatoms. The summed E-state index contributed by atoms with van der Waals surface area (Å²) in [6, 6.07) is 3.84. The molecule has 2 aromatic heterocycles. The highest BCUT2D eigenvalue weighted by Gasteiger charge is 2.09. The molecule has 0 aromatic carbocycles. The zero-order valence-electron chi connectivity index (χ0n) is 10.6. The Hall–Kier alpha value is -2.44. The number of nitrogens with one attached hydrogen (secondary N) is 1. The number of nitro groups is 1. The number of anilines is 1. The summed E-state index contributed by atoms with van der Waals surface area (Å²) in [5.74, 6) is 0.691. The first-order valence-corrected chi connectivity index (χ1v) is 6.04. The fourth-order valence-corrected chi connectivity index (χ4v) is 1.62. The number of hydrogen-bond donors (Lipinski definition) is 1. The SMILES string of the molecule is CCCNc1ccc(Cn2cnc([N+](=O)[O-])c2)cn1. The second-order valence-electron chi connectivity index (χ2n) is 4.14. The van der Waals surface area contributed by atoms with Crippen LogP contribution >= 0.6 is 0 Å². The Morgan fingerprint density at radius 2 is 2.26 bits per heavy atom. The highest BCUT2D eigenvalue weighted by atomic mass is 16.6. The summed E-state index contributed by atoms with van der Waals surface area (Å²) in [4.78, 5) is 18.0. The summed E-state index contributed by atoms with van der Waals surface area (Å²) in [5.41, 5.74) is 0.967. The molecule has 100 valence electrons. The Labute approximate surface area is 110 Å². The van der Waals surface area contributed by atoms with Gasteiger partial charge in [-0.1, -0.05) is 13.0 Å². The van der Waals surface area contributed by atoms with Gasteiger partial charge in [-0.3, -0.25) is 0 Å². The molecule has 0 spiro atoms. The number of rotatable bonds is 6. The molecule has 0 atom stereocenters. The van der Waals surface area contributed by atoms with Crippen LogP contribution in [0.4, 0.5) is 11.6 Å². The van der Waals surface area contributed by atoms with Crippen LogP contribution in [0.15, 0.2) is 30.9 Å². The molecule has 0 bridgehead atoms. The van der Waals surface area contributed by atoms with Crippen LogP contribution in [0.5, 0.6) is 0 Å². The first-order chi connectivity index (χ1) is 9.19. The third kappa shape index (κ3) is 3.51. The summed E-state index contributed by atoms with van der Waals surface area (Å²) in [6.07, 6.45) is 5.65. The van der Waals surface area contributed by atoms with Crippen LogP contribution in [0.2, 0.25) is 0 Å². The van der Waals surface area contributed by atoms with Crippen molar-refractivity contribution in [1.82, 2.24) is 14.5 Å². The second kappa shape index (κ2) is 5.94. The third-order valence-corrected chi connectivity index (χ3v) is 2.55. The molecule has 7 nitrogen and oxygen atoms in total. The van der Waals surface area contributed by atoms with Gasteiger partial charge in [-0.05, 0) is 28.0 Å². The molecule has 0 fully saturated rings. The average molecular weight is 261 g/mol. The predicted molar refractivity (Wildman–Crippen MR) is 71.0 cm³/mol. The normalized spacial score (nSPS) is 10.4. The van der Waals surface area contributed by atoms with Gasteiger partial charge in [-0.2, -0.15) is 0 Å². The number of hydrogen-bond acceptors (Lipinski definition) is 5. The van der Waals surface area contributed by atoms with E-state index >= 15 is 0 Å². The quantitative estimate of drug-likeness (QED) is 0.635. The van der Waals surface area contributed by atoms with Crippen molar-refractivity contribution in [2.45, 2.75) is 19.9 Å². The largest absolute Gasteiger partial charge is 0.381 e. The standard InChI is InChI=1S/C12H15N5O2/c1-2-5-13-11-4-3-10(6-14-11)7-16-8-12(15-9-16)17(18)19/h3-4,6,8-9H,2,5,7H2,1H3,(H,13,14). The van der Waals surface area contributed by atoms with Gasteiger partial charge in [0.05, 0.1) is 6.54 Å². The Bertz CT molecular complexity index is 550. The summed E-state index contributed by atoms with van der Waals surface area (Å²) < 4.78 is 1.66. The zero-order chi connectivity index (χ0) is 13.7. The van der Waals surface area contributed by atoms with Crippen molar-refractivity contribution in [3.05, 3.63) is 46.5 Å². The highest BCUT2D eigenvalue weighted by Crippen LogP contribution is 2.10. The van der Waals surface area contributed by atoms with Gasteiger partial charge in [0, 0.05) is 12.7 Å². The molecule has 0 aliphatic rings. The predicted octanol–water partition coefficient (Wildman–Crippen LogP) is 2.06. The molecule has 0 unspecified atom stereocenters. The second-order valence-corrected chi connectivity index (χ2v) is 4.14. The number of pyridine rings is 1. The van der Waals surface area contributed by atoms with E-state index in [1.807, 2.05) is 12.1 Å². The molecule has 2 rings (SSSR count). The van der Waals surface area contributed by atoms with Crippen LogP contribution in [0.3, 0.4) is 0 Å². The topological polar surface area (TPSA) is 85.9 Å². The molecular weight excluding hydrogens is 246 g/mol. The minimum atomic E-state index is -0.507. The fraction of sp³-hybridized carbons (Fsp3) is 0.333. The molecule has 0 saturated carbocycles. The molecule has 0 saturated heterocycles. The van der Waals surface area contributed by atoms with Crippen LogP contribution in [-0.4, -0.2) is 26.0 Å². The van der Waals surface area contributed by atoms with Crippen molar-refractivity contribution in [2.75, 3.05) is 11.9 Å². The summed E-state index contributed by atoms with van der Waals surface area (Å²) in [5, 5.41) is 13.7. The van der Waals surface area contributed by atoms with Gasteiger partial charge >= 0.3 is 5.82 Å². The van der Waals surface area contributed by atoms with Crippen molar-refractivity contribution in [3.8, 4) is 0 Å². The highest BCUT2D eigenvalue weighted by molar-refractivity contribution is 5.35. The molecular formula is C12H15N5O2. The molecule has 0 aliphatic carbocycles. The maximum Gasteiger partial charge on any atom is 0.381 e. The maximum absolute atomic E-state index is 10.5. The van der Waals surface area contributed by atoms with Crippen molar-refractivity contribution in [1.29, 1.82) is 0 Å². The van der Waals surface area contributed by atoms with Crippen LogP contribution < -0.4 is 5.32 Å². The van der Waals surface area contributed by atoms with Gasteiger partial charge in [0.1, 0.15) is 12.0 Å². The van der Waals surface area contributed by atoms with E-state index in [1.54, 1.807) is 10.8 Å². The Morgan fingerprint density at radius 1 is 1.42 bits per heavy atom. The van der Waals surface area contributed by atoms with E-state index in [-0.39, 0.29) is 5.82 Å². The Morgan fingerprint density at radius 3 is 2.84 bits per heavy atom. The van der Waals surface area contributed by atoms with Gasteiger partial charge in [0.15, 0.2) is 0 Å². The lowest BCUT2D eigenvalue weighted by Crippen LogP contribution is -2.03. The molecule has 0 radical (unpaired) electrons. The first kappa shape index (κ1) is 13.0. The zero-order valence-corrected chi connectivity index (χ0v) is 10.6. The lowest BCUT2D eigenvalue weighted by molar-refractivity contribution is -0.389. The van der Waals surface area contributed by atoms with Crippen LogP contribution in [0.1, 0.15) is 18.9 Å². The van der Waals surface area contributed by atoms with E-state index in [2.05, 4.69) is 22.2 Å². The van der Waals surface area contributed by atoms with Crippen molar-refractivity contribution < 1.29 is 4.92 Å². The van der Waals surface area contributed by atoms with Crippen LogP contribution in [0.25, 0.3) is 0 Å². The Balaban J connectivity index is 2.00. The lowest BCUT2D eigenvalue weighted by atomic mass is 10.3. The van der Waals surface area contributed by atoms with Gasteiger partial charge in [0.25, 0.3) is 0 Å². The van der Waals surface area contributed by atoms with Gasteiger partial charge in [-0.25, -0.2) is 4.98 Å². The van der Waals surface area contributed by atoms with Gasteiger partial charge in [-0.15, -0.1) is 0 Å². The van der Waals surface area contributed by atoms with E-state index in [9.17, 15) is 10.1 Å². The third-order valence-electron chi connectivity index (χ3n) is 2.55. The minimum absolute atomic E-state index is 0.144. The van der Waals surface area contributed by atoms with Gasteiger partial charge < -0.3 is 20.0 Å². The number of imidazole rings is 1. The number of aromatic nitrogens is 3. The van der Waals surface area contributed by atoms with E-state index in [0.29, 0.717) is 6.54 Å². The minimum Gasteiger partial charge on any atom is -0.370 e. The molecule has 2 heterocycles. The summed E-state index contributed by atoms with van der Waals surface area (Å²) >= 11 is 0. The summed E-state index contributed by atoms with van der Waals surface area (Å²) in [6.45, 7) is 3.50. The summed E-state index contributed by atoms with van der Waals surface area (Å²) in [7, 11) is 0. The van der Waals surface area contributed by atoms with E-state index < -0.39 is 4.92 Å². The molecule has 1 N–H and O–H groups in total. The van der Waals surface area contributed by atoms with Crippen molar-refractivity contribution >= 4 is 11.6 Å². The first-order valence-electron chi connectivity index (χ1n) is 6.04. The average Bonchev–Trinajstić information content (AvgIpc) is 2.87. The monoisotopic (exact) mass is 261 g/mol. The lowest BCUT2D eigenvalue weighted by Gasteiger charge is -2.05. The molecule has 19 heavy (non-hydrogen) atoms. The van der Waals surface area contributed by atoms with E-state index in [4.69, 9.17) is 0 Å². The van der Waals surface area contributed by atoms with E-state index in [0.717, 1.165) is 24.3 Å². The van der Waals surface area contributed by atoms with Crippen LogP contribution in [0, 0.1) is 10.1 Å². The molecule has 0 aliphatic heterocycles. The van der Waals surface area contributed by atoms with Crippen molar-refractivity contribution in [3.63, 3.8) is 0 Å². The molecule has 2 aromatic rings. The van der Waals surface area contributed by atoms with Crippen molar-refractivity contribution in [2.24, 2.45) is 0 Å². The number of nitrogens with zero attached hydrogens (tertiary/aromatic N) is 4.